The Hall–Kier alpha value is -4.17. The second-order valence-corrected chi connectivity index (χ2v) is 6.52. The van der Waals surface area contributed by atoms with Gasteiger partial charge in [-0.25, -0.2) is 19.0 Å². The highest BCUT2D eigenvalue weighted by atomic mass is 16.9. The van der Waals surface area contributed by atoms with Crippen molar-refractivity contribution in [3.63, 3.8) is 0 Å². The predicted octanol–water partition coefficient (Wildman–Crippen LogP) is -2.55. The van der Waals surface area contributed by atoms with Crippen molar-refractivity contribution in [2.24, 2.45) is 0 Å². The molecular formula is C17H19N3O12. The minimum absolute atomic E-state index is 0.143. The summed E-state index contributed by atoms with van der Waals surface area (Å²) in [6, 6.07) is 0. The first-order valence-electron chi connectivity index (χ1n) is 8.80. The average molecular weight is 457 g/mol. The molecule has 0 spiro atoms. The van der Waals surface area contributed by atoms with Gasteiger partial charge in [-0.1, -0.05) is 0 Å². The van der Waals surface area contributed by atoms with E-state index in [1.807, 2.05) is 0 Å². The lowest BCUT2D eigenvalue weighted by atomic mass is 10.3. The molecule has 0 bridgehead atoms. The van der Waals surface area contributed by atoms with Crippen molar-refractivity contribution in [3.05, 3.63) is 31.5 Å². The standard InChI is InChI=1S/C17H19N3O12/c1-8(21)4-11(24)30-17(31-12(25)5-9(2)22,32-13(26)6-10(3)23)7-20-15(28)18-14(27)19-16(20)29/h4-7H2,1-3H3,(H2,18,19,27,28,29). The largest absolute Gasteiger partial charge is 0.443 e. The van der Waals surface area contributed by atoms with E-state index in [4.69, 9.17) is 14.2 Å². The van der Waals surface area contributed by atoms with Gasteiger partial charge in [0.15, 0.2) is 6.54 Å². The van der Waals surface area contributed by atoms with Gasteiger partial charge in [-0.15, -0.1) is 0 Å². The van der Waals surface area contributed by atoms with Crippen molar-refractivity contribution >= 4 is 35.3 Å². The number of aromatic amines is 2. The number of carbonyl (C=O) groups is 6. The minimum Gasteiger partial charge on any atom is -0.386 e. The van der Waals surface area contributed by atoms with Crippen LogP contribution >= 0.6 is 0 Å². The predicted molar refractivity (Wildman–Crippen MR) is 98.8 cm³/mol. The minimum atomic E-state index is -3.18. The smallest absolute Gasteiger partial charge is 0.386 e. The van der Waals surface area contributed by atoms with E-state index < -0.39 is 84.1 Å². The number of nitrogens with one attached hydrogen (secondary N) is 2. The molecule has 1 aromatic heterocycles. The van der Waals surface area contributed by atoms with Gasteiger partial charge in [0.25, 0.3) is 0 Å². The molecule has 0 fully saturated rings. The van der Waals surface area contributed by atoms with Crippen LogP contribution in [-0.4, -0.2) is 55.8 Å². The lowest BCUT2D eigenvalue weighted by molar-refractivity contribution is -0.335. The quantitative estimate of drug-likeness (QED) is 0.199. The zero-order valence-electron chi connectivity index (χ0n) is 17.2. The summed E-state index contributed by atoms with van der Waals surface area (Å²) >= 11 is 0. The highest BCUT2D eigenvalue weighted by molar-refractivity contribution is 5.96. The molecule has 0 unspecified atom stereocenters. The van der Waals surface area contributed by atoms with Gasteiger partial charge in [0.05, 0.1) is 0 Å². The number of rotatable bonds is 11. The van der Waals surface area contributed by atoms with Crippen LogP contribution in [0.3, 0.4) is 0 Å². The highest BCUT2D eigenvalue weighted by Gasteiger charge is 2.46. The van der Waals surface area contributed by atoms with Crippen molar-refractivity contribution < 1.29 is 43.0 Å². The molecule has 0 amide bonds. The van der Waals surface area contributed by atoms with Crippen molar-refractivity contribution in [1.29, 1.82) is 0 Å². The summed E-state index contributed by atoms with van der Waals surface area (Å²) < 4.78 is 14.6. The topological polar surface area (TPSA) is 218 Å². The van der Waals surface area contributed by atoms with Crippen LogP contribution in [0.2, 0.25) is 0 Å². The second-order valence-electron chi connectivity index (χ2n) is 6.52. The van der Waals surface area contributed by atoms with Gasteiger partial charge < -0.3 is 14.2 Å². The second kappa shape index (κ2) is 10.7. The average Bonchev–Trinajstić information content (AvgIpc) is 2.55. The Morgan fingerprint density at radius 2 is 1.00 bits per heavy atom. The third-order valence-corrected chi connectivity index (χ3v) is 3.27. The Kier molecular flexibility index (Phi) is 8.68. The number of H-pyrrole nitrogens is 2. The number of Topliss-reactive ketones (excluding diaryl/α,β-unsaturated/α-hetero) is 3. The molecule has 0 aliphatic heterocycles. The Labute approximate surface area is 177 Å². The molecule has 0 aromatic carbocycles. The van der Waals surface area contributed by atoms with Gasteiger partial charge >= 0.3 is 41.0 Å². The summed E-state index contributed by atoms with van der Waals surface area (Å²) in [4.78, 5) is 109. The summed E-state index contributed by atoms with van der Waals surface area (Å²) in [5, 5.41) is 0. The molecule has 1 aromatic rings. The van der Waals surface area contributed by atoms with Crippen LogP contribution in [-0.2, 0) is 49.5 Å². The lowest BCUT2D eigenvalue weighted by Crippen LogP contribution is -2.54. The molecule has 1 rings (SSSR count). The van der Waals surface area contributed by atoms with Gasteiger partial charge in [-0.05, 0) is 20.8 Å². The van der Waals surface area contributed by atoms with E-state index >= 15 is 0 Å². The Balaban J connectivity index is 3.58. The molecule has 0 saturated carbocycles. The monoisotopic (exact) mass is 457 g/mol. The maximum Gasteiger partial charge on any atom is 0.443 e. The van der Waals surface area contributed by atoms with E-state index in [0.29, 0.717) is 0 Å². The lowest BCUT2D eigenvalue weighted by Gasteiger charge is -2.31. The number of esters is 3. The van der Waals surface area contributed by atoms with Crippen molar-refractivity contribution in [1.82, 2.24) is 14.5 Å². The molecule has 15 nitrogen and oxygen atoms in total. The number of aromatic nitrogens is 3. The van der Waals surface area contributed by atoms with Crippen LogP contribution in [0.4, 0.5) is 0 Å². The first-order chi connectivity index (χ1) is 14.7. The van der Waals surface area contributed by atoms with Gasteiger partial charge in [0.2, 0.25) is 0 Å². The molecule has 0 aliphatic rings. The highest BCUT2D eigenvalue weighted by Crippen LogP contribution is 2.21. The fourth-order valence-electron chi connectivity index (χ4n) is 2.19. The molecule has 2 N–H and O–H groups in total. The first kappa shape index (κ1) is 25.9. The summed E-state index contributed by atoms with van der Waals surface area (Å²) in [5.41, 5.74) is -3.95. The third kappa shape index (κ3) is 8.29. The number of hydrogen-bond donors (Lipinski definition) is 2. The number of hydrogen-bond acceptors (Lipinski definition) is 12. The zero-order chi connectivity index (χ0) is 24.6. The zero-order valence-corrected chi connectivity index (χ0v) is 17.2. The van der Waals surface area contributed by atoms with Crippen LogP contribution < -0.4 is 17.1 Å². The molecule has 0 saturated heterocycles. The third-order valence-electron chi connectivity index (χ3n) is 3.27. The maximum atomic E-state index is 12.1. The maximum absolute atomic E-state index is 12.1. The Morgan fingerprint density at radius 3 is 1.28 bits per heavy atom. The van der Waals surface area contributed by atoms with Crippen molar-refractivity contribution in [3.8, 4) is 0 Å². The van der Waals surface area contributed by atoms with Gasteiger partial charge in [-0.3, -0.25) is 38.7 Å². The number of nitrogens with zero attached hydrogens (tertiary/aromatic N) is 1. The van der Waals surface area contributed by atoms with Gasteiger partial charge in [0, 0.05) is 0 Å². The molecule has 15 heteroatoms. The normalized spacial score (nSPS) is 10.7. The van der Waals surface area contributed by atoms with Crippen LogP contribution in [0.1, 0.15) is 40.0 Å². The molecule has 174 valence electrons. The van der Waals surface area contributed by atoms with Crippen LogP contribution in [0, 0.1) is 0 Å². The van der Waals surface area contributed by atoms with Gasteiger partial charge in [-0.2, -0.15) is 0 Å². The van der Waals surface area contributed by atoms with E-state index in [9.17, 15) is 43.2 Å². The van der Waals surface area contributed by atoms with E-state index in [-0.39, 0.29) is 4.57 Å². The molecule has 0 atom stereocenters. The summed E-state index contributed by atoms with van der Waals surface area (Å²) in [6.45, 7) is 1.70. The number of carbonyl (C=O) groups excluding carboxylic acids is 6. The van der Waals surface area contributed by atoms with E-state index in [0.717, 1.165) is 20.8 Å². The molecule has 32 heavy (non-hydrogen) atoms. The van der Waals surface area contributed by atoms with E-state index in [1.165, 1.54) is 0 Å². The van der Waals surface area contributed by atoms with Gasteiger partial charge in [0.1, 0.15) is 36.6 Å². The van der Waals surface area contributed by atoms with Crippen LogP contribution in [0.15, 0.2) is 14.4 Å². The molecular weight excluding hydrogens is 438 g/mol. The summed E-state index contributed by atoms with van der Waals surface area (Å²) in [6.07, 6.45) is -2.69. The fraction of sp³-hybridized carbons (Fsp3) is 0.471. The first-order valence-corrected chi connectivity index (χ1v) is 8.80. The van der Waals surface area contributed by atoms with E-state index in [2.05, 4.69) is 0 Å². The Bertz CT molecular complexity index is 1010. The Morgan fingerprint density at radius 1 is 0.688 bits per heavy atom. The summed E-state index contributed by atoms with van der Waals surface area (Å²) in [5.74, 6) is -9.54. The number of ether oxygens (including phenoxy) is 3. The molecule has 0 radical (unpaired) electrons. The van der Waals surface area contributed by atoms with E-state index in [1.54, 1.807) is 9.97 Å². The van der Waals surface area contributed by atoms with Crippen molar-refractivity contribution in [2.75, 3.05) is 0 Å². The molecule has 1 heterocycles. The SMILES string of the molecule is CC(=O)CC(=O)OC(Cn1c(=O)[nH]c(=O)[nH]c1=O)(OC(=O)CC(C)=O)OC(=O)CC(C)=O. The fourth-order valence-corrected chi connectivity index (χ4v) is 2.19. The van der Waals surface area contributed by atoms with Crippen LogP contribution in [0.25, 0.3) is 0 Å². The molecule has 0 aliphatic carbocycles. The number of ketones is 3. The van der Waals surface area contributed by atoms with Crippen molar-refractivity contribution in [2.45, 2.75) is 52.6 Å². The summed E-state index contributed by atoms with van der Waals surface area (Å²) in [7, 11) is 0. The van der Waals surface area contributed by atoms with Crippen LogP contribution in [0.5, 0.6) is 0 Å².